The van der Waals surface area contributed by atoms with Crippen molar-refractivity contribution in [3.8, 4) is 6.07 Å². The van der Waals surface area contributed by atoms with E-state index in [1.54, 1.807) is 19.3 Å². The number of hydrogen-bond donors (Lipinski definition) is 0. The van der Waals surface area contributed by atoms with Gasteiger partial charge < -0.3 is 0 Å². The lowest BCUT2D eigenvalue weighted by molar-refractivity contribution is 1.16. The highest BCUT2D eigenvalue weighted by Crippen LogP contribution is 1.94. The van der Waals surface area contributed by atoms with Crippen LogP contribution in [0.2, 0.25) is 0 Å². The molecule has 0 aliphatic rings. The normalized spacial score (nSPS) is 11.9. The molecule has 0 aliphatic carbocycles. The minimum atomic E-state index is 0.764. The van der Waals surface area contributed by atoms with Crippen LogP contribution in [-0.4, -0.2) is 13.3 Å². The summed E-state index contributed by atoms with van der Waals surface area (Å²) in [7, 11) is 1.68. The van der Waals surface area contributed by atoms with Crippen molar-refractivity contribution in [3.05, 3.63) is 11.6 Å². The molecule has 0 bridgehead atoms. The van der Waals surface area contributed by atoms with Crippen molar-refractivity contribution in [2.45, 2.75) is 13.3 Å². The van der Waals surface area contributed by atoms with Crippen LogP contribution in [0.15, 0.2) is 16.6 Å². The van der Waals surface area contributed by atoms with Crippen LogP contribution in [0.4, 0.5) is 0 Å². The SMILES string of the molecule is CC/C(C#N)=C\C=NC. The third-order valence-corrected chi connectivity index (χ3v) is 0.949. The number of nitriles is 1. The van der Waals surface area contributed by atoms with Crippen molar-refractivity contribution in [2.75, 3.05) is 7.05 Å². The van der Waals surface area contributed by atoms with E-state index in [-0.39, 0.29) is 0 Å². The Hall–Kier alpha value is -1.10. The molecule has 0 rings (SSSR count). The molecule has 0 unspecified atom stereocenters. The average molecular weight is 122 g/mol. The molecule has 0 aliphatic heterocycles. The highest BCUT2D eigenvalue weighted by Gasteiger charge is 1.84. The van der Waals surface area contributed by atoms with Crippen LogP contribution in [0.5, 0.6) is 0 Å². The van der Waals surface area contributed by atoms with Crippen LogP contribution >= 0.6 is 0 Å². The van der Waals surface area contributed by atoms with E-state index < -0.39 is 0 Å². The van der Waals surface area contributed by atoms with Crippen LogP contribution in [0.3, 0.4) is 0 Å². The van der Waals surface area contributed by atoms with Gasteiger partial charge in [-0.1, -0.05) is 6.92 Å². The van der Waals surface area contributed by atoms with Gasteiger partial charge >= 0.3 is 0 Å². The molecule has 2 heteroatoms. The molecule has 0 N–H and O–H groups in total. The molecule has 0 radical (unpaired) electrons. The monoisotopic (exact) mass is 122 g/mol. The predicted molar refractivity (Wildman–Crippen MR) is 38.4 cm³/mol. The summed E-state index contributed by atoms with van der Waals surface area (Å²) in [6, 6.07) is 2.06. The van der Waals surface area contributed by atoms with Gasteiger partial charge in [-0.2, -0.15) is 5.26 Å². The molecule has 0 heterocycles. The standard InChI is InChI=1S/C7H10N2/c1-3-7(6-8)4-5-9-2/h4-5H,3H2,1-2H3/b7-4+,9-5?. The second-order valence-electron chi connectivity index (χ2n) is 1.56. The highest BCUT2D eigenvalue weighted by atomic mass is 14.6. The number of allylic oxidation sites excluding steroid dienone is 2. The van der Waals surface area contributed by atoms with Crippen molar-refractivity contribution in [1.29, 1.82) is 5.26 Å². The van der Waals surface area contributed by atoms with Crippen molar-refractivity contribution in [1.82, 2.24) is 0 Å². The summed E-state index contributed by atoms with van der Waals surface area (Å²) in [6.45, 7) is 1.94. The molecule has 0 amide bonds. The molecule has 0 aromatic rings. The van der Waals surface area contributed by atoms with E-state index in [1.165, 1.54) is 0 Å². The van der Waals surface area contributed by atoms with Gasteiger partial charge in [0.05, 0.1) is 6.07 Å². The second kappa shape index (κ2) is 5.04. The van der Waals surface area contributed by atoms with E-state index in [9.17, 15) is 0 Å². The maximum absolute atomic E-state index is 8.37. The van der Waals surface area contributed by atoms with Crippen LogP contribution in [-0.2, 0) is 0 Å². The van der Waals surface area contributed by atoms with Gasteiger partial charge in [0.1, 0.15) is 0 Å². The molecule has 48 valence electrons. The number of rotatable bonds is 2. The van der Waals surface area contributed by atoms with E-state index in [0.717, 1.165) is 12.0 Å². The van der Waals surface area contributed by atoms with Gasteiger partial charge in [0, 0.05) is 18.8 Å². The maximum atomic E-state index is 8.37. The lowest BCUT2D eigenvalue weighted by Crippen LogP contribution is -1.74. The van der Waals surface area contributed by atoms with Crippen molar-refractivity contribution in [2.24, 2.45) is 4.99 Å². The van der Waals surface area contributed by atoms with Gasteiger partial charge in [-0.05, 0) is 12.5 Å². The maximum Gasteiger partial charge on any atom is 0.0947 e. The third kappa shape index (κ3) is 3.48. The van der Waals surface area contributed by atoms with Crippen molar-refractivity contribution < 1.29 is 0 Å². The molecular weight excluding hydrogens is 112 g/mol. The fourth-order valence-corrected chi connectivity index (χ4v) is 0.399. The van der Waals surface area contributed by atoms with Gasteiger partial charge in [-0.3, -0.25) is 4.99 Å². The van der Waals surface area contributed by atoms with Crippen LogP contribution in [0.1, 0.15) is 13.3 Å². The van der Waals surface area contributed by atoms with Gasteiger partial charge in [0.2, 0.25) is 0 Å². The third-order valence-electron chi connectivity index (χ3n) is 0.949. The van der Waals surface area contributed by atoms with Gasteiger partial charge in [-0.15, -0.1) is 0 Å². The molecule has 0 spiro atoms. The Bertz CT molecular complexity index is 160. The van der Waals surface area contributed by atoms with Crippen LogP contribution in [0, 0.1) is 11.3 Å². The lowest BCUT2D eigenvalue weighted by Gasteiger charge is -1.83. The van der Waals surface area contributed by atoms with E-state index in [0.29, 0.717) is 0 Å². The molecule has 2 nitrogen and oxygen atoms in total. The highest BCUT2D eigenvalue weighted by molar-refractivity contribution is 5.73. The predicted octanol–water partition coefficient (Wildman–Crippen LogP) is 1.55. The van der Waals surface area contributed by atoms with E-state index >= 15 is 0 Å². The molecule has 9 heavy (non-hydrogen) atoms. The summed E-state index contributed by atoms with van der Waals surface area (Å²) in [4.78, 5) is 3.72. The summed E-state index contributed by atoms with van der Waals surface area (Å²) in [5, 5.41) is 8.37. The Morgan fingerprint density at radius 1 is 1.78 bits per heavy atom. The molecule has 0 atom stereocenters. The summed E-state index contributed by atoms with van der Waals surface area (Å²) in [6.07, 6.45) is 4.13. The molecule has 0 aromatic carbocycles. The Balaban J connectivity index is 3.96. The average Bonchev–Trinajstić information content (AvgIpc) is 1.91. The Labute approximate surface area is 55.5 Å². The van der Waals surface area contributed by atoms with Gasteiger partial charge in [0.15, 0.2) is 0 Å². The molecule has 0 saturated heterocycles. The van der Waals surface area contributed by atoms with Crippen molar-refractivity contribution >= 4 is 6.21 Å². The van der Waals surface area contributed by atoms with E-state index in [1.807, 2.05) is 6.92 Å². The quantitative estimate of drug-likeness (QED) is 0.404. The summed E-state index contributed by atoms with van der Waals surface area (Å²) in [5.74, 6) is 0. The largest absolute Gasteiger partial charge is 0.296 e. The summed E-state index contributed by atoms with van der Waals surface area (Å²) < 4.78 is 0. The second-order valence-corrected chi connectivity index (χ2v) is 1.56. The summed E-state index contributed by atoms with van der Waals surface area (Å²) in [5.41, 5.74) is 0.764. The Morgan fingerprint density at radius 2 is 2.44 bits per heavy atom. The fraction of sp³-hybridized carbons (Fsp3) is 0.429. The fourth-order valence-electron chi connectivity index (χ4n) is 0.399. The zero-order valence-electron chi connectivity index (χ0n) is 5.76. The molecular formula is C7H10N2. The minimum Gasteiger partial charge on any atom is -0.296 e. The van der Waals surface area contributed by atoms with Crippen molar-refractivity contribution in [3.63, 3.8) is 0 Å². The molecule has 0 aromatic heterocycles. The Morgan fingerprint density at radius 3 is 2.78 bits per heavy atom. The van der Waals surface area contributed by atoms with Gasteiger partial charge in [0.25, 0.3) is 0 Å². The summed E-state index contributed by atoms with van der Waals surface area (Å²) >= 11 is 0. The smallest absolute Gasteiger partial charge is 0.0947 e. The van der Waals surface area contributed by atoms with E-state index in [4.69, 9.17) is 5.26 Å². The first-order valence-corrected chi connectivity index (χ1v) is 2.86. The topological polar surface area (TPSA) is 36.1 Å². The molecule has 0 saturated carbocycles. The van der Waals surface area contributed by atoms with Crippen LogP contribution in [0.25, 0.3) is 0 Å². The number of nitrogens with zero attached hydrogens (tertiary/aromatic N) is 2. The zero-order chi connectivity index (χ0) is 7.11. The minimum absolute atomic E-state index is 0.764. The Kier molecular flexibility index (Phi) is 4.43. The first-order valence-electron chi connectivity index (χ1n) is 2.86. The first-order chi connectivity index (χ1) is 4.35. The molecule has 0 fully saturated rings. The van der Waals surface area contributed by atoms with E-state index in [2.05, 4.69) is 11.1 Å². The van der Waals surface area contributed by atoms with Crippen LogP contribution < -0.4 is 0 Å². The zero-order valence-corrected chi connectivity index (χ0v) is 5.76. The lowest BCUT2D eigenvalue weighted by atomic mass is 10.2. The number of hydrogen-bond acceptors (Lipinski definition) is 2. The number of aliphatic imine (C=N–C) groups is 1. The van der Waals surface area contributed by atoms with Gasteiger partial charge in [-0.25, -0.2) is 0 Å². The first kappa shape index (κ1) is 7.90.